The summed E-state index contributed by atoms with van der Waals surface area (Å²) in [4.78, 5) is 10.9. The highest BCUT2D eigenvalue weighted by Crippen LogP contribution is 2.14. The molecule has 5 nitrogen and oxygen atoms in total. The lowest BCUT2D eigenvalue weighted by Crippen LogP contribution is -2.28. The van der Waals surface area contributed by atoms with Crippen LogP contribution in [-0.4, -0.2) is 43.2 Å². The quantitative estimate of drug-likeness (QED) is 0.780. The van der Waals surface area contributed by atoms with E-state index in [2.05, 4.69) is 39.3 Å². The van der Waals surface area contributed by atoms with Gasteiger partial charge in [-0.1, -0.05) is 0 Å². The summed E-state index contributed by atoms with van der Waals surface area (Å²) in [5.74, 6) is 2.64. The molecule has 0 aromatic carbocycles. The molecule has 0 radical (unpaired) electrons. The molecular formula is C12H23N5. The van der Waals surface area contributed by atoms with Crippen LogP contribution in [0.3, 0.4) is 0 Å². The molecule has 0 aliphatic carbocycles. The minimum absolute atomic E-state index is 0.375. The molecule has 0 saturated heterocycles. The van der Waals surface area contributed by atoms with Crippen molar-refractivity contribution in [3.05, 3.63) is 11.9 Å². The maximum absolute atomic E-state index is 4.44. The Labute approximate surface area is 104 Å². The highest BCUT2D eigenvalue weighted by molar-refractivity contribution is 5.49. The number of nitrogens with one attached hydrogen (secondary N) is 2. The van der Waals surface area contributed by atoms with Gasteiger partial charge in [0.15, 0.2) is 0 Å². The van der Waals surface area contributed by atoms with Crippen LogP contribution in [0.5, 0.6) is 0 Å². The molecule has 17 heavy (non-hydrogen) atoms. The van der Waals surface area contributed by atoms with Crippen molar-refractivity contribution in [2.45, 2.75) is 26.8 Å². The molecule has 1 rings (SSSR count). The fraction of sp³-hybridized carbons (Fsp3) is 0.667. The van der Waals surface area contributed by atoms with Gasteiger partial charge in [-0.2, -0.15) is 0 Å². The van der Waals surface area contributed by atoms with Gasteiger partial charge < -0.3 is 15.5 Å². The molecule has 0 atom stereocenters. The van der Waals surface area contributed by atoms with Crippen molar-refractivity contribution in [2.24, 2.45) is 0 Å². The second-order valence-corrected chi connectivity index (χ2v) is 4.48. The second-order valence-electron chi connectivity index (χ2n) is 4.48. The minimum atomic E-state index is 0.375. The molecule has 0 spiro atoms. The SMILES string of the molecule is CNCCN(C)c1cc(NC(C)C)nc(C)n1. The Morgan fingerprint density at radius 3 is 2.65 bits per heavy atom. The largest absolute Gasteiger partial charge is 0.368 e. The zero-order chi connectivity index (χ0) is 12.8. The molecule has 2 N–H and O–H groups in total. The Kier molecular flexibility index (Phi) is 5.15. The van der Waals surface area contributed by atoms with Crippen molar-refractivity contribution in [3.8, 4) is 0 Å². The summed E-state index contributed by atoms with van der Waals surface area (Å²) in [6.45, 7) is 7.98. The van der Waals surface area contributed by atoms with E-state index < -0.39 is 0 Å². The summed E-state index contributed by atoms with van der Waals surface area (Å²) in [5.41, 5.74) is 0. The Balaban J connectivity index is 2.81. The van der Waals surface area contributed by atoms with Crippen LogP contribution in [0.15, 0.2) is 6.07 Å². The van der Waals surface area contributed by atoms with Crippen LogP contribution in [-0.2, 0) is 0 Å². The molecule has 0 unspecified atom stereocenters. The number of hydrogen-bond donors (Lipinski definition) is 2. The third-order valence-electron chi connectivity index (χ3n) is 2.35. The Hall–Kier alpha value is -1.36. The molecule has 0 aliphatic rings. The number of aryl methyl sites for hydroxylation is 1. The zero-order valence-electron chi connectivity index (χ0n) is 11.4. The molecule has 0 saturated carbocycles. The van der Waals surface area contributed by atoms with Crippen LogP contribution in [0.25, 0.3) is 0 Å². The lowest BCUT2D eigenvalue weighted by atomic mass is 10.3. The first kappa shape index (κ1) is 13.7. The van der Waals surface area contributed by atoms with E-state index in [0.29, 0.717) is 6.04 Å². The van der Waals surface area contributed by atoms with Crippen LogP contribution in [0, 0.1) is 6.92 Å². The van der Waals surface area contributed by atoms with Gasteiger partial charge in [0, 0.05) is 32.2 Å². The first-order chi connectivity index (χ1) is 8.02. The monoisotopic (exact) mass is 237 g/mol. The number of likely N-dealkylation sites (N-methyl/N-ethyl adjacent to an activating group) is 2. The fourth-order valence-electron chi connectivity index (χ4n) is 1.51. The fourth-order valence-corrected chi connectivity index (χ4v) is 1.51. The number of nitrogens with zero attached hydrogens (tertiary/aromatic N) is 3. The normalized spacial score (nSPS) is 10.7. The van der Waals surface area contributed by atoms with E-state index in [0.717, 1.165) is 30.5 Å². The smallest absolute Gasteiger partial charge is 0.134 e. The van der Waals surface area contributed by atoms with Gasteiger partial charge in [0.25, 0.3) is 0 Å². The Morgan fingerprint density at radius 1 is 1.35 bits per heavy atom. The zero-order valence-corrected chi connectivity index (χ0v) is 11.4. The van der Waals surface area contributed by atoms with E-state index in [1.807, 2.05) is 27.1 Å². The molecule has 5 heteroatoms. The molecular weight excluding hydrogens is 214 g/mol. The third kappa shape index (κ3) is 4.56. The number of aromatic nitrogens is 2. The molecule has 0 aliphatic heterocycles. The van der Waals surface area contributed by atoms with Crippen LogP contribution < -0.4 is 15.5 Å². The Bertz CT molecular complexity index is 351. The van der Waals surface area contributed by atoms with Gasteiger partial charge in [-0.25, -0.2) is 9.97 Å². The van der Waals surface area contributed by atoms with Gasteiger partial charge in [-0.15, -0.1) is 0 Å². The molecule has 1 aromatic heterocycles. The molecule has 0 fully saturated rings. The van der Waals surface area contributed by atoms with Gasteiger partial charge in [0.05, 0.1) is 0 Å². The lowest BCUT2D eigenvalue weighted by Gasteiger charge is -2.19. The molecule has 0 amide bonds. The summed E-state index contributed by atoms with van der Waals surface area (Å²) >= 11 is 0. The standard InChI is InChI=1S/C12H23N5/c1-9(2)14-11-8-12(16-10(3)15-11)17(5)7-6-13-4/h8-9,13H,6-7H2,1-5H3,(H,14,15,16). The van der Waals surface area contributed by atoms with Gasteiger partial charge in [0.1, 0.15) is 17.5 Å². The van der Waals surface area contributed by atoms with Crippen molar-refractivity contribution in [1.29, 1.82) is 0 Å². The number of hydrogen-bond acceptors (Lipinski definition) is 5. The Morgan fingerprint density at radius 2 is 2.06 bits per heavy atom. The summed E-state index contributed by atoms with van der Waals surface area (Å²) in [5, 5.41) is 6.43. The number of anilines is 2. The summed E-state index contributed by atoms with van der Waals surface area (Å²) in [6, 6.07) is 2.36. The maximum Gasteiger partial charge on any atom is 0.134 e. The van der Waals surface area contributed by atoms with E-state index in [9.17, 15) is 0 Å². The average molecular weight is 237 g/mol. The van der Waals surface area contributed by atoms with E-state index in [1.165, 1.54) is 0 Å². The predicted molar refractivity (Wildman–Crippen MR) is 72.7 cm³/mol. The number of rotatable bonds is 6. The van der Waals surface area contributed by atoms with Crippen molar-refractivity contribution < 1.29 is 0 Å². The van der Waals surface area contributed by atoms with Gasteiger partial charge >= 0.3 is 0 Å². The minimum Gasteiger partial charge on any atom is -0.368 e. The van der Waals surface area contributed by atoms with E-state index in [1.54, 1.807) is 0 Å². The predicted octanol–water partition coefficient (Wildman–Crippen LogP) is 1.26. The van der Waals surface area contributed by atoms with Gasteiger partial charge in [-0.05, 0) is 27.8 Å². The first-order valence-corrected chi connectivity index (χ1v) is 6.01. The van der Waals surface area contributed by atoms with E-state index in [-0.39, 0.29) is 0 Å². The lowest BCUT2D eigenvalue weighted by molar-refractivity contribution is 0.758. The van der Waals surface area contributed by atoms with Crippen molar-refractivity contribution >= 4 is 11.6 Å². The van der Waals surface area contributed by atoms with Crippen molar-refractivity contribution in [3.63, 3.8) is 0 Å². The highest BCUT2D eigenvalue weighted by Gasteiger charge is 2.06. The maximum atomic E-state index is 4.44. The van der Waals surface area contributed by atoms with Crippen LogP contribution in [0.2, 0.25) is 0 Å². The van der Waals surface area contributed by atoms with Gasteiger partial charge in [-0.3, -0.25) is 0 Å². The highest BCUT2D eigenvalue weighted by atomic mass is 15.2. The van der Waals surface area contributed by atoms with Crippen LogP contribution >= 0.6 is 0 Å². The summed E-state index contributed by atoms with van der Waals surface area (Å²) < 4.78 is 0. The molecule has 1 aromatic rings. The van der Waals surface area contributed by atoms with E-state index in [4.69, 9.17) is 0 Å². The second kappa shape index (κ2) is 6.39. The summed E-state index contributed by atoms with van der Waals surface area (Å²) in [7, 11) is 3.99. The molecule has 96 valence electrons. The third-order valence-corrected chi connectivity index (χ3v) is 2.35. The van der Waals surface area contributed by atoms with E-state index >= 15 is 0 Å². The average Bonchev–Trinajstić information content (AvgIpc) is 2.24. The topological polar surface area (TPSA) is 53.1 Å². The van der Waals surface area contributed by atoms with Crippen LogP contribution in [0.1, 0.15) is 19.7 Å². The molecule has 1 heterocycles. The van der Waals surface area contributed by atoms with Crippen LogP contribution in [0.4, 0.5) is 11.6 Å². The van der Waals surface area contributed by atoms with Crippen molar-refractivity contribution in [1.82, 2.24) is 15.3 Å². The summed E-state index contributed by atoms with van der Waals surface area (Å²) in [6.07, 6.45) is 0. The van der Waals surface area contributed by atoms with Gasteiger partial charge in [0.2, 0.25) is 0 Å². The first-order valence-electron chi connectivity index (χ1n) is 6.01. The molecule has 0 bridgehead atoms. The van der Waals surface area contributed by atoms with Crippen molar-refractivity contribution in [2.75, 3.05) is 37.4 Å².